The molecule has 0 fully saturated rings. The molecule has 2 nitrogen and oxygen atoms in total. The van der Waals surface area contributed by atoms with E-state index >= 15 is 0 Å². The van der Waals surface area contributed by atoms with Gasteiger partial charge >= 0.3 is 0 Å². The zero-order chi connectivity index (χ0) is 11.5. The fraction of sp³-hybridized carbons (Fsp3) is 0.571. The van der Waals surface area contributed by atoms with Gasteiger partial charge in [0.05, 0.1) is 6.10 Å². The molecule has 1 aliphatic rings. The lowest BCUT2D eigenvalue weighted by Crippen LogP contribution is -2.42. The predicted molar refractivity (Wildman–Crippen MR) is 66.4 cm³/mol. The number of likely N-dealkylation sites (N-methyl/N-ethyl adjacent to an activating group) is 1. The van der Waals surface area contributed by atoms with Crippen molar-refractivity contribution in [1.29, 1.82) is 0 Å². The summed E-state index contributed by atoms with van der Waals surface area (Å²) < 4.78 is 0. The molecule has 1 aromatic rings. The molecule has 0 heterocycles. The van der Waals surface area contributed by atoms with E-state index in [1.165, 1.54) is 5.56 Å². The Hall–Kier alpha value is -0.860. The smallest absolute Gasteiger partial charge is 0.0947 e. The maximum absolute atomic E-state index is 10.4. The number of fused-ring (bicyclic) bond motifs is 1. The Morgan fingerprint density at radius 2 is 1.94 bits per heavy atom. The van der Waals surface area contributed by atoms with Crippen LogP contribution in [0.1, 0.15) is 37.5 Å². The molecule has 2 rings (SSSR count). The van der Waals surface area contributed by atoms with Gasteiger partial charge in [0, 0.05) is 6.04 Å². The maximum Gasteiger partial charge on any atom is 0.0947 e. The van der Waals surface area contributed by atoms with Crippen LogP contribution < -0.4 is 0 Å². The minimum atomic E-state index is -0.315. The first kappa shape index (κ1) is 11.6. The summed E-state index contributed by atoms with van der Waals surface area (Å²) >= 11 is 0. The molecule has 1 N–H and O–H groups in total. The Morgan fingerprint density at radius 1 is 1.25 bits per heavy atom. The highest BCUT2D eigenvalue weighted by Crippen LogP contribution is 2.32. The lowest BCUT2D eigenvalue weighted by molar-refractivity contribution is 0.0415. The molecule has 16 heavy (non-hydrogen) atoms. The predicted octanol–water partition coefficient (Wildman–Crippen LogP) is 2.38. The van der Waals surface area contributed by atoms with Crippen LogP contribution in [0, 0.1) is 0 Å². The first-order valence-electron chi connectivity index (χ1n) is 6.27. The van der Waals surface area contributed by atoms with Gasteiger partial charge in [-0.2, -0.15) is 0 Å². The molecule has 0 radical (unpaired) electrons. The van der Waals surface area contributed by atoms with Gasteiger partial charge in [-0.25, -0.2) is 0 Å². The van der Waals surface area contributed by atoms with Gasteiger partial charge in [0.2, 0.25) is 0 Å². The summed E-state index contributed by atoms with van der Waals surface area (Å²) in [6.07, 6.45) is 1.85. The minimum Gasteiger partial charge on any atom is -0.387 e. The summed E-state index contributed by atoms with van der Waals surface area (Å²) in [5, 5.41) is 10.4. The first-order valence-corrected chi connectivity index (χ1v) is 6.27. The largest absolute Gasteiger partial charge is 0.387 e. The van der Waals surface area contributed by atoms with Crippen LogP contribution in [0.4, 0.5) is 0 Å². The second-order valence-electron chi connectivity index (χ2n) is 4.47. The quantitative estimate of drug-likeness (QED) is 0.843. The number of rotatable bonds is 3. The molecule has 0 aromatic heterocycles. The standard InChI is InChI=1S/C14H21NO/c1-3-15(4-2)13-10-9-11-7-5-6-8-12(11)14(13)16/h5-8,13-14,16H,3-4,9-10H2,1-2H3/t13-,14+/m0/s1. The summed E-state index contributed by atoms with van der Waals surface area (Å²) in [5.41, 5.74) is 2.45. The van der Waals surface area contributed by atoms with Gasteiger partial charge in [-0.3, -0.25) is 4.90 Å². The number of benzene rings is 1. The van der Waals surface area contributed by atoms with Crippen LogP contribution in [0.25, 0.3) is 0 Å². The molecule has 2 atom stereocenters. The third-order valence-corrected chi connectivity index (χ3v) is 3.73. The van der Waals surface area contributed by atoms with Gasteiger partial charge in [0.1, 0.15) is 0 Å². The van der Waals surface area contributed by atoms with Crippen molar-refractivity contribution in [2.24, 2.45) is 0 Å². The number of nitrogens with zero attached hydrogens (tertiary/aromatic N) is 1. The summed E-state index contributed by atoms with van der Waals surface area (Å²) in [4.78, 5) is 2.36. The van der Waals surface area contributed by atoms with Crippen LogP contribution >= 0.6 is 0 Å². The molecule has 0 unspecified atom stereocenters. The average Bonchev–Trinajstić information content (AvgIpc) is 2.34. The zero-order valence-electron chi connectivity index (χ0n) is 10.2. The van der Waals surface area contributed by atoms with Crippen LogP contribution in [-0.2, 0) is 6.42 Å². The summed E-state index contributed by atoms with van der Waals surface area (Å²) in [5.74, 6) is 0. The monoisotopic (exact) mass is 219 g/mol. The van der Waals surface area contributed by atoms with Crippen molar-refractivity contribution in [2.75, 3.05) is 13.1 Å². The summed E-state index contributed by atoms with van der Waals surface area (Å²) in [6, 6.07) is 8.58. The van der Waals surface area contributed by atoms with Gasteiger partial charge < -0.3 is 5.11 Å². The molecule has 2 heteroatoms. The van der Waals surface area contributed by atoms with Crippen molar-refractivity contribution in [3.05, 3.63) is 35.4 Å². The van der Waals surface area contributed by atoms with Crippen LogP contribution in [0.3, 0.4) is 0 Å². The van der Waals surface area contributed by atoms with Gasteiger partial charge in [0.25, 0.3) is 0 Å². The Balaban J connectivity index is 2.23. The second kappa shape index (κ2) is 4.98. The molecule has 0 saturated heterocycles. The van der Waals surface area contributed by atoms with Gasteiger partial charge in [0.15, 0.2) is 0 Å². The topological polar surface area (TPSA) is 23.5 Å². The molecule has 0 aliphatic heterocycles. The molecule has 88 valence electrons. The molecular formula is C14H21NO. The van der Waals surface area contributed by atoms with Crippen molar-refractivity contribution >= 4 is 0 Å². The maximum atomic E-state index is 10.4. The van der Waals surface area contributed by atoms with E-state index in [0.717, 1.165) is 31.5 Å². The van der Waals surface area contributed by atoms with E-state index in [1.54, 1.807) is 0 Å². The lowest BCUT2D eigenvalue weighted by atomic mass is 9.85. The SMILES string of the molecule is CCN(CC)[C@H]1CCc2ccccc2[C@H]1O. The number of hydrogen-bond donors (Lipinski definition) is 1. The van der Waals surface area contributed by atoms with Crippen molar-refractivity contribution in [3.63, 3.8) is 0 Å². The second-order valence-corrected chi connectivity index (χ2v) is 4.47. The Labute approximate surface area is 97.9 Å². The molecule has 1 aromatic carbocycles. The summed E-state index contributed by atoms with van der Waals surface area (Å²) in [7, 11) is 0. The summed E-state index contributed by atoms with van der Waals surface area (Å²) in [6.45, 7) is 6.36. The third kappa shape index (κ3) is 2.00. The van der Waals surface area contributed by atoms with Crippen molar-refractivity contribution in [3.8, 4) is 0 Å². The van der Waals surface area contributed by atoms with Gasteiger partial charge in [-0.15, -0.1) is 0 Å². The highest BCUT2D eigenvalue weighted by Gasteiger charge is 2.30. The Bertz CT molecular complexity index is 346. The van der Waals surface area contributed by atoms with E-state index < -0.39 is 0 Å². The highest BCUT2D eigenvalue weighted by atomic mass is 16.3. The van der Waals surface area contributed by atoms with Crippen molar-refractivity contribution in [1.82, 2.24) is 4.90 Å². The first-order chi connectivity index (χ1) is 7.77. The fourth-order valence-corrected chi connectivity index (χ4v) is 2.79. The van der Waals surface area contributed by atoms with Gasteiger partial charge in [-0.05, 0) is 37.1 Å². The number of aliphatic hydroxyl groups excluding tert-OH is 1. The van der Waals surface area contributed by atoms with E-state index in [2.05, 4.69) is 36.9 Å². The third-order valence-electron chi connectivity index (χ3n) is 3.73. The van der Waals surface area contributed by atoms with Crippen molar-refractivity contribution < 1.29 is 5.11 Å². The molecular weight excluding hydrogens is 198 g/mol. The number of aryl methyl sites for hydroxylation is 1. The van der Waals surface area contributed by atoms with E-state index in [-0.39, 0.29) is 6.10 Å². The fourth-order valence-electron chi connectivity index (χ4n) is 2.79. The lowest BCUT2D eigenvalue weighted by Gasteiger charge is -2.37. The molecule has 1 aliphatic carbocycles. The highest BCUT2D eigenvalue weighted by molar-refractivity contribution is 5.32. The van der Waals surface area contributed by atoms with Crippen LogP contribution in [0.5, 0.6) is 0 Å². The van der Waals surface area contributed by atoms with E-state index in [4.69, 9.17) is 0 Å². The Kier molecular flexibility index (Phi) is 3.62. The van der Waals surface area contributed by atoms with Gasteiger partial charge in [-0.1, -0.05) is 38.1 Å². The molecule has 0 spiro atoms. The van der Waals surface area contributed by atoms with Crippen LogP contribution in [0.2, 0.25) is 0 Å². The van der Waals surface area contributed by atoms with E-state index in [1.807, 2.05) is 6.07 Å². The van der Waals surface area contributed by atoms with Crippen molar-refractivity contribution in [2.45, 2.75) is 38.8 Å². The van der Waals surface area contributed by atoms with Crippen LogP contribution in [0.15, 0.2) is 24.3 Å². The molecule has 0 bridgehead atoms. The minimum absolute atomic E-state index is 0.296. The number of aliphatic hydroxyl groups is 1. The number of hydrogen-bond acceptors (Lipinski definition) is 2. The normalized spacial score (nSPS) is 24.5. The van der Waals surface area contributed by atoms with Crippen LogP contribution in [-0.4, -0.2) is 29.1 Å². The Morgan fingerprint density at radius 3 is 2.62 bits per heavy atom. The van der Waals surface area contributed by atoms with E-state index in [0.29, 0.717) is 6.04 Å². The average molecular weight is 219 g/mol. The molecule has 0 amide bonds. The molecule has 0 saturated carbocycles. The zero-order valence-corrected chi connectivity index (χ0v) is 10.2. The van der Waals surface area contributed by atoms with E-state index in [9.17, 15) is 5.11 Å².